The molecule has 0 atom stereocenters. The second-order valence-corrected chi connectivity index (χ2v) is 5.01. The van der Waals surface area contributed by atoms with Crippen LogP contribution in [0, 0.1) is 0 Å². The first-order valence-corrected chi connectivity index (χ1v) is 7.03. The summed E-state index contributed by atoms with van der Waals surface area (Å²) in [5.74, 6) is -1.22. The van der Waals surface area contributed by atoms with Gasteiger partial charge in [-0.2, -0.15) is 0 Å². The molecule has 0 saturated carbocycles. The Bertz CT molecular complexity index is 727. The molecule has 7 heteroatoms. The molecule has 0 spiro atoms. The number of rotatable bonds is 5. The lowest BCUT2D eigenvalue weighted by Crippen LogP contribution is -2.21. The molecule has 0 bridgehead atoms. The van der Waals surface area contributed by atoms with Crippen molar-refractivity contribution in [1.82, 2.24) is 4.98 Å². The lowest BCUT2D eigenvalue weighted by Gasteiger charge is -2.07. The Hall–Kier alpha value is -2.73. The summed E-state index contributed by atoms with van der Waals surface area (Å²) in [5, 5.41) is 2.82. The molecule has 1 aromatic carbocycles. The maximum atomic E-state index is 11.7. The van der Waals surface area contributed by atoms with Crippen molar-refractivity contribution in [3.63, 3.8) is 0 Å². The highest BCUT2D eigenvalue weighted by molar-refractivity contribution is 6.29. The Labute approximate surface area is 137 Å². The van der Waals surface area contributed by atoms with E-state index in [4.69, 9.17) is 16.3 Å². The fourth-order valence-electron chi connectivity index (χ4n) is 1.70. The molecule has 1 aromatic heterocycles. The quantitative estimate of drug-likeness (QED) is 0.517. The Morgan fingerprint density at radius 3 is 2.30 bits per heavy atom. The summed E-state index contributed by atoms with van der Waals surface area (Å²) in [6, 6.07) is 9.30. The van der Waals surface area contributed by atoms with E-state index >= 15 is 0 Å². The first-order chi connectivity index (χ1) is 11.0. The normalized spacial score (nSPS) is 10.0. The number of halogens is 1. The van der Waals surface area contributed by atoms with Gasteiger partial charge in [0, 0.05) is 17.4 Å². The summed E-state index contributed by atoms with van der Waals surface area (Å²) in [6.45, 7) is 1.02. The predicted octanol–water partition coefficient (Wildman–Crippen LogP) is 2.73. The smallest absolute Gasteiger partial charge is 0.340 e. The van der Waals surface area contributed by atoms with Crippen molar-refractivity contribution in [2.75, 3.05) is 11.9 Å². The molecule has 6 nitrogen and oxygen atoms in total. The number of pyridine rings is 1. The number of esters is 1. The van der Waals surface area contributed by atoms with Gasteiger partial charge in [0.2, 0.25) is 0 Å². The van der Waals surface area contributed by atoms with E-state index in [1.165, 1.54) is 25.3 Å². The molecule has 0 fully saturated rings. The van der Waals surface area contributed by atoms with Crippen LogP contribution in [0.2, 0.25) is 5.15 Å². The third-order valence-electron chi connectivity index (χ3n) is 2.87. The van der Waals surface area contributed by atoms with Crippen molar-refractivity contribution in [1.29, 1.82) is 0 Å². The molecule has 0 aliphatic carbocycles. The summed E-state index contributed by atoms with van der Waals surface area (Å²) in [7, 11) is 0. The number of ether oxygens (including phenoxy) is 1. The first kappa shape index (κ1) is 16.6. The van der Waals surface area contributed by atoms with Gasteiger partial charge < -0.3 is 10.1 Å². The second-order valence-electron chi connectivity index (χ2n) is 4.63. The van der Waals surface area contributed by atoms with E-state index in [9.17, 15) is 14.4 Å². The standard InChI is InChI=1S/C16H13ClN2O4/c1-10(20)11-2-5-13(6-3-11)19-15(21)9-23-16(22)12-4-7-14(17)18-8-12/h2-8H,9H2,1H3,(H,19,21). The van der Waals surface area contributed by atoms with Crippen LogP contribution < -0.4 is 5.32 Å². The highest BCUT2D eigenvalue weighted by Gasteiger charge is 2.11. The van der Waals surface area contributed by atoms with Crippen LogP contribution in [0.25, 0.3) is 0 Å². The van der Waals surface area contributed by atoms with Crippen LogP contribution in [-0.4, -0.2) is 29.3 Å². The van der Waals surface area contributed by atoms with Gasteiger partial charge in [-0.05, 0) is 43.3 Å². The molecular weight excluding hydrogens is 320 g/mol. The van der Waals surface area contributed by atoms with Crippen LogP contribution in [0.5, 0.6) is 0 Å². The number of hydrogen-bond acceptors (Lipinski definition) is 5. The van der Waals surface area contributed by atoms with Gasteiger partial charge in [0.15, 0.2) is 12.4 Å². The number of amides is 1. The number of anilines is 1. The van der Waals surface area contributed by atoms with Crippen LogP contribution in [0.1, 0.15) is 27.6 Å². The van der Waals surface area contributed by atoms with Gasteiger partial charge in [-0.25, -0.2) is 9.78 Å². The number of nitrogens with zero attached hydrogens (tertiary/aromatic N) is 1. The van der Waals surface area contributed by atoms with Crippen LogP contribution in [-0.2, 0) is 9.53 Å². The highest BCUT2D eigenvalue weighted by Crippen LogP contribution is 2.10. The summed E-state index contributed by atoms with van der Waals surface area (Å²) >= 11 is 5.62. The Kier molecular flexibility index (Phi) is 5.43. The number of ketones is 1. The minimum atomic E-state index is -0.670. The Balaban J connectivity index is 1.86. The van der Waals surface area contributed by atoms with Crippen LogP contribution in [0.15, 0.2) is 42.6 Å². The molecule has 1 heterocycles. The summed E-state index contributed by atoms with van der Waals surface area (Å²) < 4.78 is 4.88. The molecule has 2 rings (SSSR count). The van der Waals surface area contributed by atoms with E-state index in [-0.39, 0.29) is 16.5 Å². The molecule has 0 saturated heterocycles. The van der Waals surface area contributed by atoms with Crippen LogP contribution >= 0.6 is 11.6 Å². The zero-order valence-corrected chi connectivity index (χ0v) is 13.0. The summed E-state index contributed by atoms with van der Waals surface area (Å²) in [4.78, 5) is 38.3. The van der Waals surface area contributed by atoms with Crippen LogP contribution in [0.3, 0.4) is 0 Å². The average Bonchev–Trinajstić information content (AvgIpc) is 2.54. The van der Waals surface area contributed by atoms with E-state index < -0.39 is 18.5 Å². The van der Waals surface area contributed by atoms with E-state index in [1.807, 2.05) is 0 Å². The number of hydrogen-bond donors (Lipinski definition) is 1. The molecule has 118 valence electrons. The van der Waals surface area contributed by atoms with Gasteiger partial charge >= 0.3 is 5.97 Å². The minimum absolute atomic E-state index is 0.0617. The van der Waals surface area contributed by atoms with E-state index in [1.54, 1.807) is 24.3 Å². The van der Waals surface area contributed by atoms with Crippen molar-refractivity contribution in [3.8, 4) is 0 Å². The molecule has 0 aliphatic rings. The largest absolute Gasteiger partial charge is 0.452 e. The van der Waals surface area contributed by atoms with Crippen molar-refractivity contribution < 1.29 is 19.1 Å². The number of Topliss-reactive ketones (excluding diaryl/α,β-unsaturated/α-hetero) is 1. The Morgan fingerprint density at radius 1 is 1.09 bits per heavy atom. The van der Waals surface area contributed by atoms with Crippen molar-refractivity contribution in [3.05, 3.63) is 58.9 Å². The number of carbonyl (C=O) groups excluding carboxylic acids is 3. The van der Waals surface area contributed by atoms with E-state index in [0.717, 1.165) is 0 Å². The number of nitrogens with one attached hydrogen (secondary N) is 1. The average molecular weight is 333 g/mol. The maximum Gasteiger partial charge on any atom is 0.340 e. The van der Waals surface area contributed by atoms with Gasteiger partial charge in [-0.3, -0.25) is 9.59 Å². The molecule has 0 radical (unpaired) electrons. The zero-order valence-electron chi connectivity index (χ0n) is 12.2. The van der Waals surface area contributed by atoms with Gasteiger partial charge in [-0.1, -0.05) is 11.6 Å². The van der Waals surface area contributed by atoms with Gasteiger partial charge in [0.25, 0.3) is 5.91 Å². The molecule has 1 amide bonds. The fraction of sp³-hybridized carbons (Fsp3) is 0.125. The minimum Gasteiger partial charge on any atom is -0.452 e. The van der Waals surface area contributed by atoms with Crippen molar-refractivity contribution >= 4 is 34.9 Å². The van der Waals surface area contributed by atoms with Crippen LogP contribution in [0.4, 0.5) is 5.69 Å². The fourth-order valence-corrected chi connectivity index (χ4v) is 1.81. The highest BCUT2D eigenvalue weighted by atomic mass is 35.5. The second kappa shape index (κ2) is 7.51. The maximum absolute atomic E-state index is 11.7. The predicted molar refractivity (Wildman–Crippen MR) is 84.6 cm³/mol. The van der Waals surface area contributed by atoms with E-state index in [2.05, 4.69) is 10.3 Å². The molecular formula is C16H13ClN2O4. The number of aromatic nitrogens is 1. The lowest BCUT2D eigenvalue weighted by atomic mass is 10.1. The lowest BCUT2D eigenvalue weighted by molar-refractivity contribution is -0.119. The third-order valence-corrected chi connectivity index (χ3v) is 3.10. The van der Waals surface area contributed by atoms with Gasteiger partial charge in [0.1, 0.15) is 5.15 Å². The van der Waals surface area contributed by atoms with Crippen molar-refractivity contribution in [2.24, 2.45) is 0 Å². The molecule has 1 N–H and O–H groups in total. The number of carbonyl (C=O) groups is 3. The van der Waals surface area contributed by atoms with Crippen molar-refractivity contribution in [2.45, 2.75) is 6.92 Å². The SMILES string of the molecule is CC(=O)c1ccc(NC(=O)COC(=O)c2ccc(Cl)nc2)cc1. The van der Waals surface area contributed by atoms with E-state index in [0.29, 0.717) is 11.3 Å². The first-order valence-electron chi connectivity index (χ1n) is 6.65. The summed E-state index contributed by atoms with van der Waals surface area (Å²) in [5.41, 5.74) is 1.25. The van der Waals surface area contributed by atoms with Gasteiger partial charge in [-0.15, -0.1) is 0 Å². The summed E-state index contributed by atoms with van der Waals surface area (Å²) in [6.07, 6.45) is 1.27. The topological polar surface area (TPSA) is 85.4 Å². The molecule has 2 aromatic rings. The van der Waals surface area contributed by atoms with Gasteiger partial charge in [0.05, 0.1) is 5.56 Å². The molecule has 23 heavy (non-hydrogen) atoms. The molecule has 0 aliphatic heterocycles. The zero-order chi connectivity index (χ0) is 16.8. The number of benzene rings is 1. The third kappa shape index (κ3) is 4.89. The molecule has 0 unspecified atom stereocenters. The Morgan fingerprint density at radius 2 is 1.74 bits per heavy atom. The monoisotopic (exact) mass is 332 g/mol.